The first-order chi connectivity index (χ1) is 12.2. The van der Waals surface area contributed by atoms with Gasteiger partial charge in [-0.25, -0.2) is 4.79 Å². The molecule has 0 amide bonds. The van der Waals surface area contributed by atoms with Crippen LogP contribution < -0.4 is 4.74 Å². The number of aromatic nitrogens is 2. The van der Waals surface area contributed by atoms with Gasteiger partial charge < -0.3 is 9.47 Å². The predicted octanol–water partition coefficient (Wildman–Crippen LogP) is 4.61. The zero-order chi connectivity index (χ0) is 18.1. The third-order valence-electron chi connectivity index (χ3n) is 4.19. The summed E-state index contributed by atoms with van der Waals surface area (Å²) < 4.78 is 12.2. The first-order valence-electron chi connectivity index (χ1n) is 9.01. The van der Waals surface area contributed by atoms with Gasteiger partial charge in [0.2, 0.25) is 0 Å². The summed E-state index contributed by atoms with van der Waals surface area (Å²) in [7, 11) is 3.16. The summed E-state index contributed by atoms with van der Waals surface area (Å²) >= 11 is 0. The van der Waals surface area contributed by atoms with E-state index in [0.717, 1.165) is 30.0 Å². The van der Waals surface area contributed by atoms with Gasteiger partial charge in [0, 0.05) is 12.6 Å². The molecule has 0 radical (unpaired) electrons. The molecule has 25 heavy (non-hydrogen) atoms. The Kier molecular flexibility index (Phi) is 7.51. The molecule has 0 saturated heterocycles. The van der Waals surface area contributed by atoms with Crippen molar-refractivity contribution in [2.45, 2.75) is 45.4 Å². The number of carbonyl (C=O) groups is 1. The molecule has 0 aliphatic heterocycles. The van der Waals surface area contributed by atoms with Crippen LogP contribution in [-0.2, 0) is 11.8 Å². The lowest BCUT2D eigenvalue weighted by atomic mass is 10.1. The molecule has 0 aliphatic rings. The predicted molar refractivity (Wildman–Crippen MR) is 98.9 cm³/mol. The van der Waals surface area contributed by atoms with Crippen molar-refractivity contribution < 1.29 is 14.3 Å². The molecular weight excluding hydrogens is 316 g/mol. The van der Waals surface area contributed by atoms with E-state index < -0.39 is 5.97 Å². The third-order valence-corrected chi connectivity index (χ3v) is 4.19. The first kappa shape index (κ1) is 19.0. The van der Waals surface area contributed by atoms with Crippen molar-refractivity contribution in [2.24, 2.45) is 7.05 Å². The van der Waals surface area contributed by atoms with E-state index in [2.05, 4.69) is 12.0 Å². The van der Waals surface area contributed by atoms with Gasteiger partial charge in [-0.2, -0.15) is 5.10 Å². The Morgan fingerprint density at radius 2 is 1.76 bits per heavy atom. The molecule has 2 aromatic rings. The third kappa shape index (κ3) is 5.62. The highest BCUT2D eigenvalue weighted by Crippen LogP contribution is 2.23. The van der Waals surface area contributed by atoms with Gasteiger partial charge in [0.25, 0.3) is 0 Å². The van der Waals surface area contributed by atoms with Crippen LogP contribution >= 0.6 is 0 Å². The first-order valence-corrected chi connectivity index (χ1v) is 9.01. The average molecular weight is 344 g/mol. The molecule has 2 rings (SSSR count). The van der Waals surface area contributed by atoms with Crippen molar-refractivity contribution in [2.75, 3.05) is 13.7 Å². The van der Waals surface area contributed by atoms with Crippen LogP contribution in [0, 0.1) is 0 Å². The van der Waals surface area contributed by atoms with E-state index >= 15 is 0 Å². The summed E-state index contributed by atoms with van der Waals surface area (Å²) in [6.07, 6.45) is 7.54. The lowest BCUT2D eigenvalue weighted by Crippen LogP contribution is -2.02. The summed E-state index contributed by atoms with van der Waals surface area (Å²) in [5.41, 5.74) is 2.16. The van der Waals surface area contributed by atoms with Crippen LogP contribution in [0.4, 0.5) is 0 Å². The van der Waals surface area contributed by atoms with Crippen LogP contribution in [0.3, 0.4) is 0 Å². The second kappa shape index (κ2) is 9.87. The Morgan fingerprint density at radius 1 is 1.08 bits per heavy atom. The molecular formula is C20H28N2O3. The topological polar surface area (TPSA) is 53.4 Å². The smallest absolute Gasteiger partial charge is 0.358 e. The zero-order valence-electron chi connectivity index (χ0n) is 15.5. The van der Waals surface area contributed by atoms with Gasteiger partial charge in [-0.1, -0.05) is 39.0 Å². The molecule has 1 aromatic heterocycles. The lowest BCUT2D eigenvalue weighted by Gasteiger charge is -2.07. The van der Waals surface area contributed by atoms with Crippen LogP contribution in [0.15, 0.2) is 30.3 Å². The van der Waals surface area contributed by atoms with Crippen molar-refractivity contribution in [3.63, 3.8) is 0 Å². The van der Waals surface area contributed by atoms with E-state index in [9.17, 15) is 4.79 Å². The number of aryl methyl sites for hydroxylation is 1. The number of carbonyl (C=O) groups excluding carboxylic acids is 1. The Bertz CT molecular complexity index is 662. The quantitative estimate of drug-likeness (QED) is 0.466. The van der Waals surface area contributed by atoms with Gasteiger partial charge in [0.15, 0.2) is 5.69 Å². The largest absolute Gasteiger partial charge is 0.494 e. The van der Waals surface area contributed by atoms with Gasteiger partial charge in [-0.05, 0) is 36.8 Å². The summed E-state index contributed by atoms with van der Waals surface area (Å²) in [6, 6.07) is 9.61. The summed E-state index contributed by atoms with van der Waals surface area (Å²) in [5.74, 6) is 0.438. The number of hydrogen-bond acceptors (Lipinski definition) is 4. The maximum atomic E-state index is 11.6. The van der Waals surface area contributed by atoms with Gasteiger partial charge in [0.05, 0.1) is 19.4 Å². The number of unbranched alkanes of at least 4 members (excludes halogenated alkanes) is 5. The standard InChI is InChI=1S/C20H28N2O3/c1-4-5-6-7-8-9-14-25-17-12-10-16(11-13-17)19-15-18(20(23)24-3)21-22(19)2/h10-13,15H,4-9,14H2,1-3H3. The lowest BCUT2D eigenvalue weighted by molar-refractivity contribution is 0.0593. The highest BCUT2D eigenvalue weighted by molar-refractivity contribution is 5.88. The Hall–Kier alpha value is -2.30. The van der Waals surface area contributed by atoms with Gasteiger partial charge in [0.1, 0.15) is 5.75 Å². The Morgan fingerprint density at radius 3 is 2.44 bits per heavy atom. The molecule has 136 valence electrons. The normalized spacial score (nSPS) is 10.7. The minimum Gasteiger partial charge on any atom is -0.494 e. The number of rotatable bonds is 10. The molecule has 5 nitrogen and oxygen atoms in total. The molecule has 5 heteroatoms. The van der Waals surface area contributed by atoms with Crippen molar-refractivity contribution in [1.82, 2.24) is 9.78 Å². The minimum atomic E-state index is -0.430. The van der Waals surface area contributed by atoms with E-state index in [1.807, 2.05) is 31.3 Å². The van der Waals surface area contributed by atoms with Gasteiger partial charge in [-0.15, -0.1) is 0 Å². The van der Waals surface area contributed by atoms with E-state index in [4.69, 9.17) is 9.47 Å². The Balaban J connectivity index is 1.86. The number of ether oxygens (including phenoxy) is 2. The number of benzene rings is 1. The number of methoxy groups -OCH3 is 1. The molecule has 0 N–H and O–H groups in total. The van der Waals surface area contributed by atoms with E-state index in [1.54, 1.807) is 10.7 Å². The van der Waals surface area contributed by atoms with Gasteiger partial charge in [-0.3, -0.25) is 4.68 Å². The average Bonchev–Trinajstić information content (AvgIpc) is 3.02. The number of nitrogens with zero attached hydrogens (tertiary/aromatic N) is 2. The van der Waals surface area contributed by atoms with E-state index in [0.29, 0.717) is 5.69 Å². The number of esters is 1. The fourth-order valence-corrected chi connectivity index (χ4v) is 2.74. The Labute approximate surface area is 149 Å². The zero-order valence-corrected chi connectivity index (χ0v) is 15.5. The van der Waals surface area contributed by atoms with Crippen molar-refractivity contribution in [3.05, 3.63) is 36.0 Å². The second-order valence-corrected chi connectivity index (χ2v) is 6.17. The molecule has 0 saturated carbocycles. The summed E-state index contributed by atoms with van der Waals surface area (Å²) in [5, 5.41) is 4.18. The van der Waals surface area contributed by atoms with Crippen molar-refractivity contribution >= 4 is 5.97 Å². The fraction of sp³-hybridized carbons (Fsp3) is 0.500. The van der Waals surface area contributed by atoms with Gasteiger partial charge >= 0.3 is 5.97 Å². The molecule has 0 fully saturated rings. The highest BCUT2D eigenvalue weighted by Gasteiger charge is 2.14. The molecule has 0 aliphatic carbocycles. The highest BCUT2D eigenvalue weighted by atomic mass is 16.5. The maximum absolute atomic E-state index is 11.6. The van der Waals surface area contributed by atoms with E-state index in [1.165, 1.54) is 39.2 Å². The maximum Gasteiger partial charge on any atom is 0.358 e. The number of hydrogen-bond donors (Lipinski definition) is 0. The second-order valence-electron chi connectivity index (χ2n) is 6.17. The molecule has 1 heterocycles. The summed E-state index contributed by atoms with van der Waals surface area (Å²) in [4.78, 5) is 11.6. The SMILES string of the molecule is CCCCCCCCOc1ccc(-c2cc(C(=O)OC)nn2C)cc1. The van der Waals surface area contributed by atoms with Crippen LogP contribution in [-0.4, -0.2) is 29.5 Å². The van der Waals surface area contributed by atoms with Crippen LogP contribution in [0.2, 0.25) is 0 Å². The van der Waals surface area contributed by atoms with Crippen LogP contribution in [0.5, 0.6) is 5.75 Å². The molecule has 0 bridgehead atoms. The molecule has 1 aromatic carbocycles. The molecule has 0 unspecified atom stereocenters. The van der Waals surface area contributed by atoms with Crippen LogP contribution in [0.1, 0.15) is 55.9 Å². The minimum absolute atomic E-state index is 0.309. The van der Waals surface area contributed by atoms with Crippen molar-refractivity contribution in [3.8, 4) is 17.0 Å². The van der Waals surface area contributed by atoms with Crippen molar-refractivity contribution in [1.29, 1.82) is 0 Å². The van der Waals surface area contributed by atoms with E-state index in [-0.39, 0.29) is 0 Å². The molecule has 0 spiro atoms. The molecule has 0 atom stereocenters. The summed E-state index contributed by atoms with van der Waals surface area (Å²) in [6.45, 7) is 2.98. The van der Waals surface area contributed by atoms with Crippen LogP contribution in [0.25, 0.3) is 11.3 Å². The fourth-order valence-electron chi connectivity index (χ4n) is 2.74. The monoisotopic (exact) mass is 344 g/mol.